The van der Waals surface area contributed by atoms with E-state index in [2.05, 4.69) is 103 Å². The molecule has 0 N–H and O–H groups in total. The van der Waals surface area contributed by atoms with Crippen molar-refractivity contribution in [1.82, 2.24) is 0 Å². The predicted octanol–water partition coefficient (Wildman–Crippen LogP) is 6.29. The van der Waals surface area contributed by atoms with Gasteiger partial charge in [0.1, 0.15) is 0 Å². The van der Waals surface area contributed by atoms with Crippen molar-refractivity contribution in [2.45, 2.75) is 19.4 Å². The standard InChI is InChI=1S/C23H21N/c1-18-14-16-21(17-15-18)24(20-10-3-2-4-11-20)23-13-7-9-19-8-5-6-12-22(19)23/h2-12,14-17,23H,13H2,1H3/t23-/m0/s1. The molecule has 0 saturated heterocycles. The number of nitrogens with zero attached hydrogens (tertiary/aromatic N) is 1. The van der Waals surface area contributed by atoms with Crippen molar-refractivity contribution >= 4 is 17.5 Å². The van der Waals surface area contributed by atoms with Crippen LogP contribution in [0.25, 0.3) is 6.08 Å². The van der Waals surface area contributed by atoms with Gasteiger partial charge in [-0.05, 0) is 48.7 Å². The second kappa shape index (κ2) is 6.37. The molecule has 0 aliphatic heterocycles. The first-order valence-corrected chi connectivity index (χ1v) is 8.49. The highest BCUT2D eigenvalue weighted by atomic mass is 15.2. The Morgan fingerprint density at radius 1 is 0.750 bits per heavy atom. The Kier molecular flexibility index (Phi) is 3.92. The van der Waals surface area contributed by atoms with E-state index < -0.39 is 0 Å². The first kappa shape index (κ1) is 14.8. The van der Waals surface area contributed by atoms with Crippen LogP contribution in [-0.2, 0) is 0 Å². The fourth-order valence-corrected chi connectivity index (χ4v) is 3.46. The minimum atomic E-state index is 0.316. The summed E-state index contributed by atoms with van der Waals surface area (Å²) in [6.07, 6.45) is 5.54. The van der Waals surface area contributed by atoms with Gasteiger partial charge in [-0.3, -0.25) is 0 Å². The van der Waals surface area contributed by atoms with Crippen LogP contribution < -0.4 is 4.90 Å². The van der Waals surface area contributed by atoms with E-state index in [1.807, 2.05) is 0 Å². The van der Waals surface area contributed by atoms with Gasteiger partial charge in [0.15, 0.2) is 0 Å². The molecule has 1 aliphatic carbocycles. The average molecular weight is 311 g/mol. The molecule has 0 aromatic heterocycles. The highest BCUT2D eigenvalue weighted by molar-refractivity contribution is 5.68. The van der Waals surface area contributed by atoms with E-state index in [0.717, 1.165) is 6.42 Å². The number of para-hydroxylation sites is 1. The predicted molar refractivity (Wildman–Crippen MR) is 103 cm³/mol. The molecular weight excluding hydrogens is 290 g/mol. The third-order valence-corrected chi connectivity index (χ3v) is 4.67. The lowest BCUT2D eigenvalue weighted by Crippen LogP contribution is -2.25. The van der Waals surface area contributed by atoms with Gasteiger partial charge in [-0.15, -0.1) is 0 Å². The Hall–Kier alpha value is -2.80. The molecule has 24 heavy (non-hydrogen) atoms. The van der Waals surface area contributed by atoms with Crippen LogP contribution in [0.5, 0.6) is 0 Å². The molecule has 0 heterocycles. The summed E-state index contributed by atoms with van der Waals surface area (Å²) >= 11 is 0. The number of anilines is 2. The van der Waals surface area contributed by atoms with Gasteiger partial charge in [-0.1, -0.05) is 72.3 Å². The summed E-state index contributed by atoms with van der Waals surface area (Å²) in [5.41, 5.74) is 6.47. The largest absolute Gasteiger partial charge is 0.334 e. The zero-order valence-corrected chi connectivity index (χ0v) is 13.9. The van der Waals surface area contributed by atoms with E-state index in [1.54, 1.807) is 0 Å². The topological polar surface area (TPSA) is 3.24 Å². The van der Waals surface area contributed by atoms with Gasteiger partial charge in [-0.25, -0.2) is 0 Å². The third kappa shape index (κ3) is 2.74. The van der Waals surface area contributed by atoms with E-state index in [9.17, 15) is 0 Å². The van der Waals surface area contributed by atoms with E-state index in [-0.39, 0.29) is 0 Å². The van der Waals surface area contributed by atoms with Crippen LogP contribution in [0.2, 0.25) is 0 Å². The lowest BCUT2D eigenvalue weighted by Gasteiger charge is -2.36. The molecule has 1 aliphatic rings. The number of benzene rings is 3. The summed E-state index contributed by atoms with van der Waals surface area (Å²) in [5, 5.41) is 0. The van der Waals surface area contributed by atoms with Crippen molar-refractivity contribution < 1.29 is 0 Å². The van der Waals surface area contributed by atoms with Crippen LogP contribution in [0.15, 0.2) is 84.9 Å². The van der Waals surface area contributed by atoms with Crippen LogP contribution in [0.1, 0.15) is 29.2 Å². The Morgan fingerprint density at radius 2 is 1.42 bits per heavy atom. The molecule has 0 unspecified atom stereocenters. The Labute approximate surface area is 143 Å². The number of aryl methyl sites for hydroxylation is 1. The zero-order valence-electron chi connectivity index (χ0n) is 13.9. The molecule has 0 fully saturated rings. The van der Waals surface area contributed by atoms with Gasteiger partial charge in [0.25, 0.3) is 0 Å². The molecule has 3 aromatic rings. The molecule has 1 nitrogen and oxygen atoms in total. The SMILES string of the molecule is Cc1ccc(N(c2ccccc2)[C@H]2CC=Cc3ccccc32)cc1. The normalized spacial score (nSPS) is 15.8. The van der Waals surface area contributed by atoms with Gasteiger partial charge in [0.05, 0.1) is 6.04 Å². The van der Waals surface area contributed by atoms with E-state index in [4.69, 9.17) is 0 Å². The second-order valence-corrected chi connectivity index (χ2v) is 6.32. The number of fused-ring (bicyclic) bond motifs is 1. The Morgan fingerprint density at radius 3 is 2.21 bits per heavy atom. The third-order valence-electron chi connectivity index (χ3n) is 4.67. The first-order valence-electron chi connectivity index (χ1n) is 8.49. The number of hydrogen-bond donors (Lipinski definition) is 0. The minimum absolute atomic E-state index is 0.316. The summed E-state index contributed by atoms with van der Waals surface area (Å²) < 4.78 is 0. The lowest BCUT2D eigenvalue weighted by atomic mass is 9.91. The molecule has 0 radical (unpaired) electrons. The molecule has 0 saturated carbocycles. The molecule has 4 rings (SSSR count). The summed E-state index contributed by atoms with van der Waals surface area (Å²) in [6.45, 7) is 2.13. The van der Waals surface area contributed by atoms with Crippen LogP contribution in [0.3, 0.4) is 0 Å². The van der Waals surface area contributed by atoms with Crippen LogP contribution >= 0.6 is 0 Å². The van der Waals surface area contributed by atoms with Crippen LogP contribution in [0, 0.1) is 6.92 Å². The second-order valence-electron chi connectivity index (χ2n) is 6.32. The van der Waals surface area contributed by atoms with Crippen molar-refractivity contribution in [2.75, 3.05) is 4.90 Å². The summed E-state index contributed by atoms with van der Waals surface area (Å²) in [4.78, 5) is 2.46. The van der Waals surface area contributed by atoms with Crippen molar-refractivity contribution in [2.24, 2.45) is 0 Å². The molecule has 0 amide bonds. The zero-order chi connectivity index (χ0) is 16.4. The van der Waals surface area contributed by atoms with Crippen LogP contribution in [0.4, 0.5) is 11.4 Å². The quantitative estimate of drug-likeness (QED) is 0.549. The maximum Gasteiger partial charge on any atom is 0.0631 e. The average Bonchev–Trinajstić information content (AvgIpc) is 2.65. The van der Waals surface area contributed by atoms with Crippen LogP contribution in [-0.4, -0.2) is 0 Å². The lowest BCUT2D eigenvalue weighted by molar-refractivity contribution is 0.702. The summed E-state index contributed by atoms with van der Waals surface area (Å²) in [6, 6.07) is 28.6. The van der Waals surface area contributed by atoms with E-state index in [1.165, 1.54) is 28.1 Å². The van der Waals surface area contributed by atoms with Crippen molar-refractivity contribution in [3.8, 4) is 0 Å². The highest BCUT2D eigenvalue weighted by Crippen LogP contribution is 2.40. The molecule has 1 heteroatoms. The number of hydrogen-bond acceptors (Lipinski definition) is 1. The highest BCUT2D eigenvalue weighted by Gasteiger charge is 2.25. The van der Waals surface area contributed by atoms with E-state index >= 15 is 0 Å². The molecular formula is C23H21N. The molecule has 3 aromatic carbocycles. The molecule has 118 valence electrons. The maximum atomic E-state index is 2.46. The molecule has 0 spiro atoms. The van der Waals surface area contributed by atoms with Gasteiger partial charge >= 0.3 is 0 Å². The van der Waals surface area contributed by atoms with Crippen molar-refractivity contribution in [3.05, 3.63) is 102 Å². The van der Waals surface area contributed by atoms with Gasteiger partial charge < -0.3 is 4.90 Å². The maximum absolute atomic E-state index is 2.46. The fourth-order valence-electron chi connectivity index (χ4n) is 3.46. The molecule has 1 atom stereocenters. The van der Waals surface area contributed by atoms with Gasteiger partial charge in [-0.2, -0.15) is 0 Å². The van der Waals surface area contributed by atoms with Crippen molar-refractivity contribution in [1.29, 1.82) is 0 Å². The monoisotopic (exact) mass is 311 g/mol. The van der Waals surface area contributed by atoms with Gasteiger partial charge in [0.2, 0.25) is 0 Å². The molecule has 0 bridgehead atoms. The van der Waals surface area contributed by atoms with Gasteiger partial charge in [0, 0.05) is 11.4 Å². The number of rotatable bonds is 3. The van der Waals surface area contributed by atoms with Crippen molar-refractivity contribution in [3.63, 3.8) is 0 Å². The minimum Gasteiger partial charge on any atom is -0.334 e. The summed E-state index contributed by atoms with van der Waals surface area (Å²) in [7, 11) is 0. The smallest absolute Gasteiger partial charge is 0.0631 e. The first-order chi connectivity index (χ1) is 11.8. The fraction of sp³-hybridized carbons (Fsp3) is 0.130. The Bertz CT molecular complexity index is 847. The Balaban J connectivity index is 1.85. The summed E-state index contributed by atoms with van der Waals surface area (Å²) in [5.74, 6) is 0. The van der Waals surface area contributed by atoms with E-state index in [0.29, 0.717) is 6.04 Å².